The maximum Gasteiger partial charge on any atom is 0.260 e. The maximum atomic E-state index is 12.0. The zero-order chi connectivity index (χ0) is 16.4. The fourth-order valence-corrected chi connectivity index (χ4v) is 2.35. The van der Waals surface area contributed by atoms with Crippen molar-refractivity contribution in [1.29, 1.82) is 0 Å². The number of ether oxygens (including phenoxy) is 1. The van der Waals surface area contributed by atoms with Crippen LogP contribution in [0.5, 0.6) is 11.5 Å². The number of aromatic hydroxyl groups is 1. The molecule has 0 saturated carbocycles. The predicted molar refractivity (Wildman–Crippen MR) is 85.2 cm³/mol. The standard InChI is InChI=1S/C17H14N2O4/c1-23-15-7-6-10(8-14(15)20)18-9-13-11-4-2-3-5-12(11)16(21)19-17(13)22/h2-9,18,20H,1H3,(H,19,21,22). The van der Waals surface area contributed by atoms with Gasteiger partial charge in [-0.3, -0.25) is 14.9 Å². The lowest BCUT2D eigenvalue weighted by atomic mass is 9.96. The third-order valence-electron chi connectivity index (χ3n) is 3.50. The molecule has 1 aliphatic heterocycles. The van der Waals surface area contributed by atoms with Gasteiger partial charge in [0.1, 0.15) is 0 Å². The van der Waals surface area contributed by atoms with Gasteiger partial charge in [0, 0.05) is 29.1 Å². The van der Waals surface area contributed by atoms with Crippen molar-refractivity contribution >= 4 is 23.1 Å². The van der Waals surface area contributed by atoms with Crippen LogP contribution in [0.1, 0.15) is 15.9 Å². The van der Waals surface area contributed by atoms with Crippen molar-refractivity contribution < 1.29 is 19.4 Å². The molecule has 3 rings (SSSR count). The van der Waals surface area contributed by atoms with Gasteiger partial charge < -0.3 is 15.2 Å². The van der Waals surface area contributed by atoms with Crippen molar-refractivity contribution in [1.82, 2.24) is 5.32 Å². The molecule has 3 N–H and O–H groups in total. The molecule has 1 aliphatic rings. The Kier molecular flexibility index (Phi) is 3.72. The Bertz CT molecular complexity index is 827. The highest BCUT2D eigenvalue weighted by atomic mass is 16.5. The molecule has 2 amide bonds. The second kappa shape index (κ2) is 5.84. The van der Waals surface area contributed by atoms with Crippen molar-refractivity contribution in [3.63, 3.8) is 0 Å². The van der Waals surface area contributed by atoms with Crippen molar-refractivity contribution in [2.45, 2.75) is 0 Å². The molecule has 0 unspecified atom stereocenters. The van der Waals surface area contributed by atoms with Crippen molar-refractivity contribution in [2.24, 2.45) is 0 Å². The summed E-state index contributed by atoms with van der Waals surface area (Å²) in [4.78, 5) is 23.9. The molecule has 0 bridgehead atoms. The van der Waals surface area contributed by atoms with Gasteiger partial charge in [-0.1, -0.05) is 18.2 Å². The molecule has 23 heavy (non-hydrogen) atoms. The smallest absolute Gasteiger partial charge is 0.260 e. The molecule has 2 aromatic carbocycles. The minimum atomic E-state index is -0.473. The Balaban J connectivity index is 1.93. The molecule has 1 heterocycles. The molecule has 0 spiro atoms. The van der Waals surface area contributed by atoms with Crippen molar-refractivity contribution in [3.05, 3.63) is 59.8 Å². The monoisotopic (exact) mass is 310 g/mol. The summed E-state index contributed by atoms with van der Waals surface area (Å²) in [5, 5.41) is 15.0. The molecule has 2 aromatic rings. The molecular formula is C17H14N2O4. The molecule has 0 saturated heterocycles. The Morgan fingerprint density at radius 2 is 1.83 bits per heavy atom. The quantitative estimate of drug-likeness (QED) is 0.597. The van der Waals surface area contributed by atoms with Crippen LogP contribution in [0, 0.1) is 0 Å². The van der Waals surface area contributed by atoms with Crippen molar-refractivity contribution in [2.75, 3.05) is 12.4 Å². The summed E-state index contributed by atoms with van der Waals surface area (Å²) in [6, 6.07) is 11.7. The van der Waals surface area contributed by atoms with E-state index >= 15 is 0 Å². The number of phenols is 1. The molecule has 6 heteroatoms. The number of hydrogen-bond acceptors (Lipinski definition) is 5. The molecule has 0 radical (unpaired) electrons. The summed E-state index contributed by atoms with van der Waals surface area (Å²) in [5.74, 6) is -0.544. The van der Waals surface area contributed by atoms with E-state index in [2.05, 4.69) is 10.6 Å². The molecular weight excluding hydrogens is 296 g/mol. The van der Waals surface area contributed by atoms with E-state index in [0.717, 1.165) is 0 Å². The van der Waals surface area contributed by atoms with Crippen LogP contribution in [0.2, 0.25) is 0 Å². The number of rotatable bonds is 3. The van der Waals surface area contributed by atoms with E-state index in [0.29, 0.717) is 28.1 Å². The minimum absolute atomic E-state index is 0.0143. The topological polar surface area (TPSA) is 87.7 Å². The number of amides is 2. The Hall–Kier alpha value is -3.28. The largest absolute Gasteiger partial charge is 0.504 e. The predicted octanol–water partition coefficient (Wildman–Crippen LogP) is 2.12. The number of phenolic OH excluding ortho intramolecular Hbond substituents is 1. The van der Waals surface area contributed by atoms with Gasteiger partial charge in [0.15, 0.2) is 11.5 Å². The molecule has 0 atom stereocenters. The Morgan fingerprint density at radius 3 is 2.52 bits per heavy atom. The van der Waals surface area contributed by atoms with Crippen LogP contribution in [0.15, 0.2) is 48.7 Å². The number of fused-ring (bicyclic) bond motifs is 1. The van der Waals surface area contributed by atoms with Crippen LogP contribution in [-0.4, -0.2) is 24.0 Å². The van der Waals surface area contributed by atoms with Crippen LogP contribution in [0.3, 0.4) is 0 Å². The number of anilines is 1. The average molecular weight is 310 g/mol. The number of carbonyl (C=O) groups excluding carboxylic acids is 2. The summed E-state index contributed by atoms with van der Waals surface area (Å²) >= 11 is 0. The summed E-state index contributed by atoms with van der Waals surface area (Å²) in [6.45, 7) is 0. The fourth-order valence-electron chi connectivity index (χ4n) is 2.35. The number of methoxy groups -OCH3 is 1. The summed E-state index contributed by atoms with van der Waals surface area (Å²) in [6.07, 6.45) is 1.50. The SMILES string of the molecule is COc1ccc(NC=C2C(=O)NC(=O)c3ccccc32)cc1O. The zero-order valence-electron chi connectivity index (χ0n) is 12.3. The lowest BCUT2D eigenvalue weighted by molar-refractivity contribution is -0.114. The van der Waals surface area contributed by atoms with E-state index in [9.17, 15) is 14.7 Å². The van der Waals surface area contributed by atoms with Crippen LogP contribution >= 0.6 is 0 Å². The van der Waals surface area contributed by atoms with E-state index in [4.69, 9.17) is 4.74 Å². The Labute approximate surface area is 132 Å². The fraction of sp³-hybridized carbons (Fsp3) is 0.0588. The van der Waals surface area contributed by atoms with Crippen LogP contribution in [-0.2, 0) is 4.79 Å². The second-order valence-electron chi connectivity index (χ2n) is 4.92. The van der Waals surface area contributed by atoms with Gasteiger partial charge in [-0.25, -0.2) is 0 Å². The lowest BCUT2D eigenvalue weighted by Crippen LogP contribution is -2.36. The van der Waals surface area contributed by atoms with Gasteiger partial charge in [-0.2, -0.15) is 0 Å². The highest BCUT2D eigenvalue weighted by Crippen LogP contribution is 2.29. The minimum Gasteiger partial charge on any atom is -0.504 e. The number of nitrogens with one attached hydrogen (secondary N) is 2. The van der Waals surface area contributed by atoms with Gasteiger partial charge >= 0.3 is 0 Å². The van der Waals surface area contributed by atoms with E-state index in [1.54, 1.807) is 36.4 Å². The number of benzene rings is 2. The first-order valence-corrected chi connectivity index (χ1v) is 6.89. The number of hydrogen-bond donors (Lipinski definition) is 3. The molecule has 116 valence electrons. The van der Waals surface area contributed by atoms with Gasteiger partial charge in [0.2, 0.25) is 0 Å². The van der Waals surface area contributed by atoms with E-state index < -0.39 is 11.8 Å². The maximum absolute atomic E-state index is 12.0. The summed E-state index contributed by atoms with van der Waals surface area (Å²) in [5.41, 5.74) is 1.93. The third-order valence-corrected chi connectivity index (χ3v) is 3.50. The average Bonchev–Trinajstić information content (AvgIpc) is 2.55. The van der Waals surface area contributed by atoms with Gasteiger partial charge in [-0.15, -0.1) is 0 Å². The van der Waals surface area contributed by atoms with Gasteiger partial charge in [0.05, 0.1) is 12.7 Å². The lowest BCUT2D eigenvalue weighted by Gasteiger charge is -2.18. The van der Waals surface area contributed by atoms with E-state index in [1.165, 1.54) is 19.4 Å². The number of imide groups is 1. The highest BCUT2D eigenvalue weighted by molar-refractivity contribution is 6.31. The van der Waals surface area contributed by atoms with Crippen molar-refractivity contribution in [3.8, 4) is 11.5 Å². The summed E-state index contributed by atoms with van der Waals surface area (Å²) < 4.78 is 4.97. The van der Waals surface area contributed by atoms with E-state index in [1.807, 2.05) is 0 Å². The highest BCUT2D eigenvalue weighted by Gasteiger charge is 2.26. The molecule has 0 aromatic heterocycles. The first-order valence-electron chi connectivity index (χ1n) is 6.89. The molecule has 0 aliphatic carbocycles. The van der Waals surface area contributed by atoms with Gasteiger partial charge in [0.25, 0.3) is 11.8 Å². The van der Waals surface area contributed by atoms with E-state index in [-0.39, 0.29) is 5.75 Å². The first-order chi connectivity index (χ1) is 11.1. The second-order valence-corrected chi connectivity index (χ2v) is 4.92. The van der Waals surface area contributed by atoms with Crippen LogP contribution in [0.25, 0.3) is 5.57 Å². The third kappa shape index (κ3) is 2.74. The molecule has 0 fully saturated rings. The number of carbonyl (C=O) groups is 2. The Morgan fingerprint density at radius 1 is 1.09 bits per heavy atom. The first kappa shape index (κ1) is 14.6. The summed E-state index contributed by atoms with van der Waals surface area (Å²) in [7, 11) is 1.46. The van der Waals surface area contributed by atoms with Crippen LogP contribution in [0.4, 0.5) is 5.69 Å². The van der Waals surface area contributed by atoms with Crippen LogP contribution < -0.4 is 15.4 Å². The normalized spacial score (nSPS) is 15.1. The molecule has 6 nitrogen and oxygen atoms in total. The van der Waals surface area contributed by atoms with Gasteiger partial charge in [-0.05, 0) is 18.2 Å². The zero-order valence-corrected chi connectivity index (χ0v) is 12.3.